The van der Waals surface area contributed by atoms with Crippen LogP contribution >= 0.6 is 0 Å². The number of carbonyl (C=O) groups excluding carboxylic acids is 1. The molecular formula is C28H30N2O3. The van der Waals surface area contributed by atoms with Gasteiger partial charge in [-0.2, -0.15) is 0 Å². The number of piperidine rings is 1. The van der Waals surface area contributed by atoms with Crippen molar-refractivity contribution in [2.75, 3.05) is 31.6 Å². The molecule has 3 aromatic rings. The number of nitrogens with one attached hydrogen (secondary N) is 1. The van der Waals surface area contributed by atoms with Gasteiger partial charge in [0.2, 0.25) is 0 Å². The van der Waals surface area contributed by atoms with E-state index in [4.69, 9.17) is 9.47 Å². The van der Waals surface area contributed by atoms with Gasteiger partial charge in [0, 0.05) is 23.9 Å². The number of benzene rings is 3. The molecule has 1 fully saturated rings. The van der Waals surface area contributed by atoms with Crippen molar-refractivity contribution < 1.29 is 14.3 Å². The second kappa shape index (κ2) is 10.1. The molecule has 1 saturated heterocycles. The third-order valence-electron chi connectivity index (χ3n) is 6.50. The van der Waals surface area contributed by atoms with Crippen molar-refractivity contribution >= 4 is 11.6 Å². The molecule has 0 atom stereocenters. The number of carbonyl (C=O) groups is 1. The van der Waals surface area contributed by atoms with Crippen molar-refractivity contribution in [3.05, 3.63) is 89.5 Å². The predicted octanol–water partition coefficient (Wildman–Crippen LogP) is 5.16. The van der Waals surface area contributed by atoms with Gasteiger partial charge in [0.25, 0.3) is 5.91 Å². The Morgan fingerprint density at radius 2 is 1.58 bits per heavy atom. The van der Waals surface area contributed by atoms with Gasteiger partial charge < -0.3 is 14.8 Å². The van der Waals surface area contributed by atoms with Crippen LogP contribution in [0.3, 0.4) is 0 Å². The van der Waals surface area contributed by atoms with Gasteiger partial charge in [0.05, 0.1) is 0 Å². The largest absolute Gasteiger partial charge is 0.486 e. The Labute approximate surface area is 195 Å². The topological polar surface area (TPSA) is 50.8 Å². The van der Waals surface area contributed by atoms with Crippen LogP contribution in [0.2, 0.25) is 0 Å². The van der Waals surface area contributed by atoms with Crippen LogP contribution in [0, 0.1) is 5.92 Å². The highest BCUT2D eigenvalue weighted by Crippen LogP contribution is 2.32. The van der Waals surface area contributed by atoms with Gasteiger partial charge in [-0.3, -0.25) is 9.69 Å². The van der Waals surface area contributed by atoms with Crippen LogP contribution in [-0.2, 0) is 13.0 Å². The van der Waals surface area contributed by atoms with E-state index in [1.807, 2.05) is 30.3 Å². The molecule has 0 spiro atoms. The Bertz CT molecular complexity index is 1070. The van der Waals surface area contributed by atoms with E-state index in [9.17, 15) is 4.79 Å². The van der Waals surface area contributed by atoms with Gasteiger partial charge in [-0.25, -0.2) is 0 Å². The minimum atomic E-state index is -0.125. The molecule has 0 unspecified atom stereocenters. The molecule has 5 rings (SSSR count). The first-order valence-electron chi connectivity index (χ1n) is 11.8. The van der Waals surface area contributed by atoms with E-state index < -0.39 is 0 Å². The van der Waals surface area contributed by atoms with Crippen LogP contribution in [0.5, 0.6) is 11.5 Å². The molecule has 170 valence electrons. The maximum Gasteiger partial charge on any atom is 0.255 e. The number of hydrogen-bond acceptors (Lipinski definition) is 4. The Morgan fingerprint density at radius 3 is 2.33 bits per heavy atom. The van der Waals surface area contributed by atoms with Crippen LogP contribution < -0.4 is 14.8 Å². The number of likely N-dealkylation sites (tertiary alicyclic amines) is 1. The summed E-state index contributed by atoms with van der Waals surface area (Å²) in [6.07, 6.45) is 3.66. The summed E-state index contributed by atoms with van der Waals surface area (Å²) in [5, 5.41) is 2.95. The van der Waals surface area contributed by atoms with Crippen molar-refractivity contribution in [2.24, 2.45) is 5.92 Å². The number of anilines is 1. The number of rotatable bonds is 6. The quantitative estimate of drug-likeness (QED) is 0.573. The molecule has 0 saturated carbocycles. The van der Waals surface area contributed by atoms with Crippen LogP contribution in [0.1, 0.15) is 34.3 Å². The van der Waals surface area contributed by atoms with E-state index in [2.05, 4.69) is 52.7 Å². The van der Waals surface area contributed by atoms with E-state index in [1.165, 1.54) is 30.4 Å². The minimum Gasteiger partial charge on any atom is -0.486 e. The van der Waals surface area contributed by atoms with Crippen molar-refractivity contribution in [2.45, 2.75) is 25.8 Å². The highest BCUT2D eigenvalue weighted by atomic mass is 16.6. The summed E-state index contributed by atoms with van der Waals surface area (Å²) in [4.78, 5) is 15.2. The molecule has 0 bridgehead atoms. The van der Waals surface area contributed by atoms with E-state index in [0.717, 1.165) is 25.6 Å². The van der Waals surface area contributed by atoms with Gasteiger partial charge in [-0.1, -0.05) is 42.5 Å². The number of amides is 1. The number of ether oxygens (including phenoxy) is 2. The molecule has 0 aromatic heterocycles. The second-order valence-electron chi connectivity index (χ2n) is 8.92. The Balaban J connectivity index is 1.11. The molecule has 2 aliphatic rings. The monoisotopic (exact) mass is 442 g/mol. The van der Waals surface area contributed by atoms with Gasteiger partial charge in [-0.15, -0.1) is 0 Å². The summed E-state index contributed by atoms with van der Waals surface area (Å²) >= 11 is 0. The lowest BCUT2D eigenvalue weighted by molar-refractivity contribution is 0.102. The molecule has 1 amide bonds. The fourth-order valence-corrected chi connectivity index (χ4v) is 4.64. The summed E-state index contributed by atoms with van der Waals surface area (Å²) in [7, 11) is 0. The molecule has 3 aromatic carbocycles. The lowest BCUT2D eigenvalue weighted by atomic mass is 9.90. The van der Waals surface area contributed by atoms with Crippen LogP contribution in [0.15, 0.2) is 72.8 Å². The predicted molar refractivity (Wildman–Crippen MR) is 130 cm³/mol. The molecular weight excluding hydrogens is 412 g/mol. The fourth-order valence-electron chi connectivity index (χ4n) is 4.64. The highest BCUT2D eigenvalue weighted by molar-refractivity contribution is 6.04. The molecule has 0 aliphatic carbocycles. The van der Waals surface area contributed by atoms with Crippen molar-refractivity contribution in [1.29, 1.82) is 0 Å². The zero-order valence-corrected chi connectivity index (χ0v) is 18.8. The second-order valence-corrected chi connectivity index (χ2v) is 8.92. The first-order chi connectivity index (χ1) is 16.2. The summed E-state index contributed by atoms with van der Waals surface area (Å²) in [5.74, 6) is 2.03. The third kappa shape index (κ3) is 5.55. The molecule has 5 heteroatoms. The maximum absolute atomic E-state index is 12.7. The zero-order chi connectivity index (χ0) is 22.5. The Kier molecular flexibility index (Phi) is 6.58. The van der Waals surface area contributed by atoms with Crippen LogP contribution in [-0.4, -0.2) is 37.1 Å². The summed E-state index contributed by atoms with van der Waals surface area (Å²) in [5.41, 5.74) is 4.04. The SMILES string of the molecule is O=C(Nc1ccc2c(c1)OCCO2)c1ccc(CN2CCC(Cc3ccccc3)CC2)cc1. The van der Waals surface area contributed by atoms with Crippen LogP contribution in [0.25, 0.3) is 0 Å². The smallest absolute Gasteiger partial charge is 0.255 e. The fraction of sp³-hybridized carbons (Fsp3) is 0.321. The van der Waals surface area contributed by atoms with E-state index in [1.54, 1.807) is 0 Å². The summed E-state index contributed by atoms with van der Waals surface area (Å²) in [6.45, 7) is 4.27. The first-order valence-corrected chi connectivity index (χ1v) is 11.8. The Morgan fingerprint density at radius 1 is 0.848 bits per heavy atom. The number of nitrogens with zero attached hydrogens (tertiary/aromatic N) is 1. The van der Waals surface area contributed by atoms with Gasteiger partial charge >= 0.3 is 0 Å². The van der Waals surface area contributed by atoms with Gasteiger partial charge in [0.15, 0.2) is 11.5 Å². The van der Waals surface area contributed by atoms with E-state index in [0.29, 0.717) is 36.0 Å². The molecule has 1 N–H and O–H groups in total. The summed E-state index contributed by atoms with van der Waals surface area (Å²) < 4.78 is 11.1. The summed E-state index contributed by atoms with van der Waals surface area (Å²) in [6, 6.07) is 24.2. The first kappa shape index (κ1) is 21.5. The molecule has 2 aliphatic heterocycles. The van der Waals surface area contributed by atoms with E-state index in [-0.39, 0.29) is 5.91 Å². The average Bonchev–Trinajstić information content (AvgIpc) is 2.86. The van der Waals surface area contributed by atoms with Crippen molar-refractivity contribution in [3.63, 3.8) is 0 Å². The zero-order valence-electron chi connectivity index (χ0n) is 18.8. The molecule has 33 heavy (non-hydrogen) atoms. The number of fused-ring (bicyclic) bond motifs is 1. The van der Waals surface area contributed by atoms with E-state index >= 15 is 0 Å². The molecule has 0 radical (unpaired) electrons. The van der Waals surface area contributed by atoms with Gasteiger partial charge in [0.1, 0.15) is 13.2 Å². The van der Waals surface area contributed by atoms with Crippen molar-refractivity contribution in [3.8, 4) is 11.5 Å². The number of hydrogen-bond donors (Lipinski definition) is 1. The minimum absolute atomic E-state index is 0.125. The third-order valence-corrected chi connectivity index (χ3v) is 6.50. The molecule has 5 nitrogen and oxygen atoms in total. The maximum atomic E-state index is 12.7. The normalized spacial score (nSPS) is 16.4. The average molecular weight is 443 g/mol. The molecule has 2 heterocycles. The highest BCUT2D eigenvalue weighted by Gasteiger charge is 2.20. The standard InChI is InChI=1S/C28H30N2O3/c31-28(29-25-10-11-26-27(19-25)33-17-16-32-26)24-8-6-23(7-9-24)20-30-14-12-22(13-15-30)18-21-4-2-1-3-5-21/h1-11,19,22H,12-18,20H2,(H,29,31). The van der Waals surface area contributed by atoms with Gasteiger partial charge in [-0.05, 0) is 73.7 Å². The lowest BCUT2D eigenvalue weighted by Gasteiger charge is -2.32. The van der Waals surface area contributed by atoms with Crippen LogP contribution in [0.4, 0.5) is 5.69 Å². The Hall–Kier alpha value is -3.31. The van der Waals surface area contributed by atoms with Crippen molar-refractivity contribution in [1.82, 2.24) is 4.90 Å². The lowest BCUT2D eigenvalue weighted by Crippen LogP contribution is -2.33.